The van der Waals surface area contributed by atoms with Gasteiger partial charge in [-0.05, 0) is 31.5 Å². The van der Waals surface area contributed by atoms with Crippen molar-refractivity contribution in [1.82, 2.24) is 24.8 Å². The average molecular weight is 656 g/mol. The van der Waals surface area contributed by atoms with Crippen LogP contribution in [-0.2, 0) is 35.0 Å². The topological polar surface area (TPSA) is 148 Å². The zero-order valence-corrected chi connectivity index (χ0v) is 28.4. The average Bonchev–Trinajstić information content (AvgIpc) is 3.51. The maximum Gasteiger partial charge on any atom is 0.225 e. The molecule has 1 aliphatic rings. The number of H-pyrrole nitrogens is 1. The van der Waals surface area contributed by atoms with Gasteiger partial charge in [-0.15, -0.1) is 0 Å². The van der Waals surface area contributed by atoms with E-state index in [0.29, 0.717) is 71.6 Å². The number of nitrogens with one attached hydrogen (secondary N) is 1. The molecule has 47 heavy (non-hydrogen) atoms. The van der Waals surface area contributed by atoms with E-state index in [2.05, 4.69) is 38.8 Å². The molecule has 2 aromatic heterocycles. The van der Waals surface area contributed by atoms with Gasteiger partial charge in [0.05, 0.1) is 58.2 Å². The van der Waals surface area contributed by atoms with E-state index in [-0.39, 0.29) is 18.1 Å². The van der Waals surface area contributed by atoms with Crippen LogP contribution in [0.25, 0.3) is 21.9 Å². The molecule has 1 fully saturated rings. The van der Waals surface area contributed by atoms with Gasteiger partial charge in [0.2, 0.25) is 5.91 Å². The quantitative estimate of drug-likeness (QED) is 0.154. The number of pyridine rings is 1. The van der Waals surface area contributed by atoms with E-state index in [0.717, 1.165) is 79.7 Å². The van der Waals surface area contributed by atoms with Crippen molar-refractivity contribution >= 4 is 45.1 Å². The number of Topliss-reactive ketones (excluding diaryl/α,β-unsaturated/α-hetero) is 1. The summed E-state index contributed by atoms with van der Waals surface area (Å²) in [5, 5.41) is 1.02. The number of anilines is 2. The lowest BCUT2D eigenvalue weighted by molar-refractivity contribution is -0.134. The van der Waals surface area contributed by atoms with Crippen LogP contribution in [0.1, 0.15) is 45.4 Å². The van der Waals surface area contributed by atoms with Crippen molar-refractivity contribution in [3.05, 3.63) is 24.0 Å². The predicted molar refractivity (Wildman–Crippen MR) is 184 cm³/mol. The van der Waals surface area contributed by atoms with Crippen LogP contribution in [0.2, 0.25) is 0 Å². The normalized spacial score (nSPS) is 14.0. The van der Waals surface area contributed by atoms with Crippen molar-refractivity contribution in [2.24, 2.45) is 0 Å². The van der Waals surface area contributed by atoms with Crippen molar-refractivity contribution in [2.75, 3.05) is 110 Å². The van der Waals surface area contributed by atoms with Gasteiger partial charge in [0.1, 0.15) is 28.5 Å². The summed E-state index contributed by atoms with van der Waals surface area (Å²) in [6.45, 7) is 12.3. The van der Waals surface area contributed by atoms with Gasteiger partial charge in [-0.2, -0.15) is 0 Å². The summed E-state index contributed by atoms with van der Waals surface area (Å²) in [7, 11) is 1.62. The molecule has 13 heteroatoms. The number of methoxy groups -OCH3 is 1. The summed E-state index contributed by atoms with van der Waals surface area (Å²) >= 11 is 0. The Balaban J connectivity index is 1.21. The molecule has 3 heterocycles. The number of benzene rings is 1. The SMILES string of the molecule is CCCCc1nc2c([nH]1)c(N)nc1ccc(N3CCN(CCOCCN(CCOCCC(C)=O)C(=O)CCOCCOC)CC3)cc12. The van der Waals surface area contributed by atoms with Crippen LogP contribution in [0, 0.1) is 0 Å². The van der Waals surface area contributed by atoms with Crippen molar-refractivity contribution in [1.29, 1.82) is 0 Å². The summed E-state index contributed by atoms with van der Waals surface area (Å²) in [6.07, 6.45) is 3.75. The number of nitrogens with two attached hydrogens (primary N) is 1. The number of rotatable bonds is 22. The molecule has 3 aromatic rings. The number of amides is 1. The first-order valence-corrected chi connectivity index (χ1v) is 16.9. The maximum absolute atomic E-state index is 12.8. The minimum Gasteiger partial charge on any atom is -0.382 e. The Bertz CT molecular complexity index is 1410. The Labute approximate surface area is 278 Å². The van der Waals surface area contributed by atoms with Crippen molar-refractivity contribution in [2.45, 2.75) is 46.0 Å². The fraction of sp³-hybridized carbons (Fsp3) is 0.647. The highest BCUT2D eigenvalue weighted by Crippen LogP contribution is 2.30. The van der Waals surface area contributed by atoms with Crippen LogP contribution < -0.4 is 10.6 Å². The first-order chi connectivity index (χ1) is 22.9. The van der Waals surface area contributed by atoms with Gasteiger partial charge in [0.15, 0.2) is 0 Å². The highest BCUT2D eigenvalue weighted by atomic mass is 16.5. The first-order valence-electron chi connectivity index (χ1n) is 16.9. The fourth-order valence-corrected chi connectivity index (χ4v) is 5.57. The number of aryl methyl sites for hydroxylation is 1. The highest BCUT2D eigenvalue weighted by Gasteiger charge is 2.19. The van der Waals surface area contributed by atoms with E-state index in [1.54, 1.807) is 18.9 Å². The molecule has 0 spiro atoms. The third-order valence-corrected chi connectivity index (χ3v) is 8.40. The first kappa shape index (κ1) is 36.5. The van der Waals surface area contributed by atoms with E-state index >= 15 is 0 Å². The number of carbonyl (C=O) groups is 2. The van der Waals surface area contributed by atoms with Crippen LogP contribution in [-0.4, -0.2) is 136 Å². The van der Waals surface area contributed by atoms with Crippen molar-refractivity contribution in [3.63, 3.8) is 0 Å². The smallest absolute Gasteiger partial charge is 0.225 e. The van der Waals surface area contributed by atoms with Gasteiger partial charge in [-0.25, -0.2) is 9.97 Å². The molecule has 0 unspecified atom stereocenters. The number of ketones is 1. The highest BCUT2D eigenvalue weighted by molar-refractivity contribution is 6.07. The van der Waals surface area contributed by atoms with Crippen molar-refractivity contribution in [3.8, 4) is 0 Å². The Morgan fingerprint density at radius 3 is 2.38 bits per heavy atom. The molecule has 1 saturated heterocycles. The molecule has 3 N–H and O–H groups in total. The van der Waals surface area contributed by atoms with E-state index in [9.17, 15) is 9.59 Å². The van der Waals surface area contributed by atoms with Gasteiger partial charge in [0.25, 0.3) is 0 Å². The number of carbonyl (C=O) groups excluding carboxylic acids is 2. The number of fused-ring (bicyclic) bond motifs is 3. The third kappa shape index (κ3) is 11.4. The number of piperazine rings is 1. The molecule has 1 aromatic carbocycles. The maximum atomic E-state index is 12.8. The number of unbranched alkanes of at least 4 members (excludes halogenated alkanes) is 1. The van der Waals surface area contributed by atoms with Gasteiger partial charge in [-0.3, -0.25) is 14.5 Å². The molecule has 0 atom stereocenters. The lowest BCUT2D eigenvalue weighted by Gasteiger charge is -2.36. The molecule has 0 bridgehead atoms. The summed E-state index contributed by atoms with van der Waals surface area (Å²) in [5.74, 6) is 1.53. The van der Waals surface area contributed by atoms with E-state index in [4.69, 9.17) is 29.7 Å². The van der Waals surface area contributed by atoms with Crippen LogP contribution in [0.4, 0.5) is 11.5 Å². The van der Waals surface area contributed by atoms with Crippen LogP contribution in [0.15, 0.2) is 18.2 Å². The summed E-state index contributed by atoms with van der Waals surface area (Å²) < 4.78 is 22.0. The molecule has 4 rings (SSSR count). The second-order valence-electron chi connectivity index (χ2n) is 12.0. The summed E-state index contributed by atoms with van der Waals surface area (Å²) in [5.41, 5.74) is 10.0. The summed E-state index contributed by atoms with van der Waals surface area (Å²) in [6, 6.07) is 6.36. The second kappa shape index (κ2) is 19.5. The number of aromatic nitrogens is 3. The Hall–Kier alpha value is -3.36. The zero-order chi connectivity index (χ0) is 33.4. The Kier molecular flexibility index (Phi) is 15.1. The molecule has 1 aliphatic heterocycles. The zero-order valence-electron chi connectivity index (χ0n) is 28.4. The molecular weight excluding hydrogens is 602 g/mol. The number of imidazole rings is 1. The Morgan fingerprint density at radius 1 is 0.936 bits per heavy atom. The number of nitrogens with zero attached hydrogens (tertiary/aromatic N) is 5. The van der Waals surface area contributed by atoms with Gasteiger partial charge in [-0.1, -0.05) is 13.3 Å². The molecular formula is C34H53N7O6. The number of ether oxygens (including phenoxy) is 4. The lowest BCUT2D eigenvalue weighted by atomic mass is 10.1. The molecule has 0 saturated carbocycles. The minimum atomic E-state index is -0.00444. The van der Waals surface area contributed by atoms with Crippen LogP contribution in [0.3, 0.4) is 0 Å². The lowest BCUT2D eigenvalue weighted by Crippen LogP contribution is -2.47. The molecule has 1 amide bonds. The third-order valence-electron chi connectivity index (χ3n) is 8.40. The number of aromatic amines is 1. The number of hydrogen-bond acceptors (Lipinski definition) is 11. The largest absolute Gasteiger partial charge is 0.382 e. The monoisotopic (exact) mass is 655 g/mol. The summed E-state index contributed by atoms with van der Waals surface area (Å²) in [4.78, 5) is 43.5. The van der Waals surface area contributed by atoms with Gasteiger partial charge < -0.3 is 39.5 Å². The fourth-order valence-electron chi connectivity index (χ4n) is 5.57. The van der Waals surface area contributed by atoms with Gasteiger partial charge in [0, 0.05) is 76.8 Å². The Morgan fingerprint density at radius 2 is 1.66 bits per heavy atom. The van der Waals surface area contributed by atoms with Crippen molar-refractivity contribution < 1.29 is 28.5 Å². The second-order valence-corrected chi connectivity index (χ2v) is 12.0. The molecule has 260 valence electrons. The molecule has 0 aliphatic carbocycles. The standard InChI is InChI=1S/C34H53N7O6/c1-4-5-6-30-37-32-28-25-27(7-8-29(28)36-34(35)33(32)38-30)40-13-11-39(12-14-40)15-20-47-22-17-41(16-21-45-18-9-26(2)42)31(43)10-19-46-24-23-44-3/h7-8,25H,4-6,9-24H2,1-3H3,(H2,35,36)(H,37,38). The van der Waals surface area contributed by atoms with E-state index in [1.165, 1.54) is 5.69 Å². The predicted octanol–water partition coefficient (Wildman–Crippen LogP) is 3.05. The van der Waals surface area contributed by atoms with Gasteiger partial charge >= 0.3 is 0 Å². The number of nitrogen functional groups attached to an aromatic ring is 1. The minimum absolute atomic E-state index is 0.00444. The van der Waals surface area contributed by atoms with E-state index < -0.39 is 0 Å². The number of hydrogen-bond donors (Lipinski definition) is 2. The molecule has 13 nitrogen and oxygen atoms in total. The van der Waals surface area contributed by atoms with Crippen LogP contribution >= 0.6 is 0 Å². The molecule has 0 radical (unpaired) electrons. The van der Waals surface area contributed by atoms with E-state index in [1.807, 2.05) is 6.07 Å². The van der Waals surface area contributed by atoms with Crippen LogP contribution in [0.5, 0.6) is 0 Å².